The van der Waals surface area contributed by atoms with Gasteiger partial charge in [-0.3, -0.25) is 0 Å². The molecule has 2 nitrogen and oxygen atoms in total. The predicted molar refractivity (Wildman–Crippen MR) is 53.6 cm³/mol. The van der Waals surface area contributed by atoms with Gasteiger partial charge in [-0.1, -0.05) is 11.6 Å². The minimum absolute atomic E-state index is 0.465. The first kappa shape index (κ1) is 8.32. The van der Waals surface area contributed by atoms with Crippen LogP contribution in [0.1, 0.15) is 16.9 Å². The van der Waals surface area contributed by atoms with Crippen LogP contribution in [0.4, 0.5) is 0 Å². The molecule has 0 saturated carbocycles. The van der Waals surface area contributed by atoms with Crippen LogP contribution >= 0.6 is 0 Å². The summed E-state index contributed by atoms with van der Waals surface area (Å²) in [5.74, 6) is 0.851. The lowest BCUT2D eigenvalue weighted by molar-refractivity contribution is 0.550. The predicted octanol–water partition coefficient (Wildman–Crippen LogP) is 2.51. The highest BCUT2D eigenvalue weighted by molar-refractivity contribution is 5.81. The van der Waals surface area contributed by atoms with Gasteiger partial charge >= 0.3 is 0 Å². The Bertz CT molecular complexity index is 443. The molecule has 0 spiro atoms. The second-order valence-electron chi connectivity index (χ2n) is 3.42. The molecule has 2 N–H and O–H groups in total. The number of aryl methyl sites for hydroxylation is 2. The number of rotatable bonds is 1. The third-order valence-electron chi connectivity index (χ3n) is 2.20. The molecule has 1 aromatic heterocycles. The van der Waals surface area contributed by atoms with Crippen LogP contribution in [0, 0.1) is 13.8 Å². The molecule has 2 rings (SSSR count). The third-order valence-corrected chi connectivity index (χ3v) is 2.20. The number of nitrogens with two attached hydrogens (primary N) is 1. The van der Waals surface area contributed by atoms with E-state index in [1.165, 1.54) is 11.1 Å². The van der Waals surface area contributed by atoms with E-state index in [0.717, 1.165) is 16.7 Å². The molecule has 0 aliphatic carbocycles. The van der Waals surface area contributed by atoms with Crippen LogP contribution in [0.25, 0.3) is 11.0 Å². The fraction of sp³-hybridized carbons (Fsp3) is 0.273. The average Bonchev–Trinajstić information content (AvgIpc) is 2.47. The van der Waals surface area contributed by atoms with E-state index >= 15 is 0 Å². The van der Waals surface area contributed by atoms with Crippen molar-refractivity contribution in [2.24, 2.45) is 5.73 Å². The molecule has 68 valence electrons. The van der Waals surface area contributed by atoms with Crippen molar-refractivity contribution in [3.63, 3.8) is 0 Å². The summed E-state index contributed by atoms with van der Waals surface area (Å²) in [4.78, 5) is 0. The summed E-state index contributed by atoms with van der Waals surface area (Å²) in [5.41, 5.74) is 8.91. The normalized spacial score (nSPS) is 11.0. The maximum atomic E-state index is 5.58. The van der Waals surface area contributed by atoms with Crippen LogP contribution < -0.4 is 5.73 Å². The minimum Gasteiger partial charge on any atom is -0.459 e. The molecule has 2 aromatic rings. The lowest BCUT2D eigenvalue weighted by Gasteiger charge is -1.96. The van der Waals surface area contributed by atoms with Crippen molar-refractivity contribution >= 4 is 11.0 Å². The zero-order valence-corrected chi connectivity index (χ0v) is 7.92. The van der Waals surface area contributed by atoms with E-state index in [1.54, 1.807) is 0 Å². The summed E-state index contributed by atoms with van der Waals surface area (Å²) in [6, 6.07) is 6.24. The molecule has 0 amide bonds. The van der Waals surface area contributed by atoms with Gasteiger partial charge in [-0.2, -0.15) is 0 Å². The molecular formula is C11H13NO. The smallest absolute Gasteiger partial charge is 0.137 e. The lowest BCUT2D eigenvalue weighted by Crippen LogP contribution is -1.92. The molecule has 1 aromatic carbocycles. The summed E-state index contributed by atoms with van der Waals surface area (Å²) in [5, 5.41) is 1.15. The van der Waals surface area contributed by atoms with Gasteiger partial charge in [-0.05, 0) is 31.5 Å². The Balaban J connectivity index is 2.75. The van der Waals surface area contributed by atoms with Crippen molar-refractivity contribution in [2.75, 3.05) is 0 Å². The van der Waals surface area contributed by atoms with Gasteiger partial charge < -0.3 is 10.2 Å². The van der Waals surface area contributed by atoms with Gasteiger partial charge in [0.25, 0.3) is 0 Å². The minimum atomic E-state index is 0.465. The van der Waals surface area contributed by atoms with Crippen molar-refractivity contribution in [3.05, 3.63) is 35.1 Å². The van der Waals surface area contributed by atoms with E-state index in [2.05, 4.69) is 26.0 Å². The molecule has 0 saturated heterocycles. The van der Waals surface area contributed by atoms with Crippen LogP contribution in [0.15, 0.2) is 22.6 Å². The van der Waals surface area contributed by atoms with Gasteiger partial charge in [0.1, 0.15) is 11.3 Å². The Morgan fingerprint density at radius 2 is 2.00 bits per heavy atom. The van der Waals surface area contributed by atoms with Crippen molar-refractivity contribution in [1.29, 1.82) is 0 Å². The average molecular weight is 175 g/mol. The Kier molecular flexibility index (Phi) is 1.85. The highest BCUT2D eigenvalue weighted by Crippen LogP contribution is 2.23. The van der Waals surface area contributed by atoms with Gasteiger partial charge in [-0.25, -0.2) is 0 Å². The first-order valence-corrected chi connectivity index (χ1v) is 4.40. The second kappa shape index (κ2) is 2.89. The maximum Gasteiger partial charge on any atom is 0.137 e. The van der Waals surface area contributed by atoms with E-state index in [9.17, 15) is 0 Å². The van der Waals surface area contributed by atoms with E-state index < -0.39 is 0 Å². The van der Waals surface area contributed by atoms with Crippen molar-refractivity contribution in [2.45, 2.75) is 20.4 Å². The van der Waals surface area contributed by atoms with Gasteiger partial charge in [0.15, 0.2) is 0 Å². The van der Waals surface area contributed by atoms with Gasteiger partial charge in [0.05, 0.1) is 6.54 Å². The largest absolute Gasteiger partial charge is 0.459 e. The van der Waals surface area contributed by atoms with Crippen LogP contribution in [0.2, 0.25) is 0 Å². The Labute approximate surface area is 77.3 Å². The lowest BCUT2D eigenvalue weighted by atomic mass is 10.1. The molecular weight excluding hydrogens is 162 g/mol. The maximum absolute atomic E-state index is 5.58. The third kappa shape index (κ3) is 1.33. The fourth-order valence-corrected chi connectivity index (χ4v) is 1.67. The van der Waals surface area contributed by atoms with Crippen LogP contribution in [0.3, 0.4) is 0 Å². The number of benzene rings is 1. The monoisotopic (exact) mass is 175 g/mol. The number of hydrogen-bond acceptors (Lipinski definition) is 2. The molecule has 0 radical (unpaired) electrons. The van der Waals surface area contributed by atoms with E-state index in [0.29, 0.717) is 6.54 Å². The molecule has 0 bridgehead atoms. The molecule has 0 fully saturated rings. The highest BCUT2D eigenvalue weighted by atomic mass is 16.3. The first-order chi connectivity index (χ1) is 6.20. The number of furan rings is 1. The van der Waals surface area contributed by atoms with E-state index in [-0.39, 0.29) is 0 Å². The number of fused-ring (bicyclic) bond motifs is 1. The van der Waals surface area contributed by atoms with E-state index in [4.69, 9.17) is 10.2 Å². The standard InChI is InChI=1S/C11H13NO/c1-7-3-8(2)11-9(4-7)5-10(6-12)13-11/h3-5H,6,12H2,1-2H3. The van der Waals surface area contributed by atoms with Crippen LogP contribution in [-0.4, -0.2) is 0 Å². The second-order valence-corrected chi connectivity index (χ2v) is 3.42. The van der Waals surface area contributed by atoms with Gasteiger partial charge in [-0.15, -0.1) is 0 Å². The Morgan fingerprint density at radius 3 is 2.69 bits per heavy atom. The van der Waals surface area contributed by atoms with Crippen LogP contribution in [0.5, 0.6) is 0 Å². The molecule has 13 heavy (non-hydrogen) atoms. The molecule has 0 aliphatic heterocycles. The first-order valence-electron chi connectivity index (χ1n) is 4.40. The van der Waals surface area contributed by atoms with Crippen LogP contribution in [-0.2, 0) is 6.54 Å². The van der Waals surface area contributed by atoms with Crippen molar-refractivity contribution < 1.29 is 4.42 Å². The highest BCUT2D eigenvalue weighted by Gasteiger charge is 2.05. The summed E-state index contributed by atoms with van der Waals surface area (Å²) in [6.45, 7) is 4.61. The Hall–Kier alpha value is -1.28. The summed E-state index contributed by atoms with van der Waals surface area (Å²) < 4.78 is 5.58. The SMILES string of the molecule is Cc1cc(C)c2oc(CN)cc2c1. The molecule has 0 unspecified atom stereocenters. The zero-order valence-electron chi connectivity index (χ0n) is 7.92. The van der Waals surface area contributed by atoms with Crippen molar-refractivity contribution in [3.8, 4) is 0 Å². The molecule has 0 atom stereocenters. The fourth-order valence-electron chi connectivity index (χ4n) is 1.67. The quantitative estimate of drug-likeness (QED) is 0.723. The number of hydrogen-bond donors (Lipinski definition) is 1. The van der Waals surface area contributed by atoms with Gasteiger partial charge in [0.2, 0.25) is 0 Å². The topological polar surface area (TPSA) is 39.2 Å². The molecule has 2 heteroatoms. The van der Waals surface area contributed by atoms with Crippen molar-refractivity contribution in [1.82, 2.24) is 0 Å². The van der Waals surface area contributed by atoms with Gasteiger partial charge in [0, 0.05) is 5.39 Å². The zero-order chi connectivity index (χ0) is 9.42. The summed E-state index contributed by atoms with van der Waals surface area (Å²) >= 11 is 0. The Morgan fingerprint density at radius 1 is 1.23 bits per heavy atom. The molecule has 1 heterocycles. The molecule has 0 aliphatic rings. The summed E-state index contributed by atoms with van der Waals surface area (Å²) in [7, 11) is 0. The van der Waals surface area contributed by atoms with E-state index in [1.807, 2.05) is 6.07 Å². The summed E-state index contributed by atoms with van der Waals surface area (Å²) in [6.07, 6.45) is 0.